The van der Waals surface area contributed by atoms with Crippen molar-refractivity contribution in [3.63, 3.8) is 0 Å². The summed E-state index contributed by atoms with van der Waals surface area (Å²) in [5, 5.41) is 8.26. The van der Waals surface area contributed by atoms with Gasteiger partial charge in [-0.2, -0.15) is 8.78 Å². The highest BCUT2D eigenvalue weighted by Crippen LogP contribution is 2.33. The lowest BCUT2D eigenvalue weighted by atomic mass is 10.2. The molecular weight excluding hydrogens is 494 g/mol. The van der Waals surface area contributed by atoms with Crippen LogP contribution in [-0.2, 0) is 14.3 Å². The lowest BCUT2D eigenvalue weighted by Crippen LogP contribution is -2.48. The average Bonchev–Trinajstić information content (AvgIpc) is 3.23. The fraction of sp³-hybridized carbons (Fsp3) is 0.381. The molecule has 1 aromatic heterocycles. The van der Waals surface area contributed by atoms with Crippen LogP contribution < -0.4 is 25.6 Å². The molecule has 1 atom stereocenters. The minimum atomic E-state index is -3.13. The molecule has 0 bridgehead atoms. The van der Waals surface area contributed by atoms with Crippen LogP contribution >= 0.6 is 22.9 Å². The molecule has 1 aliphatic rings. The van der Waals surface area contributed by atoms with E-state index in [4.69, 9.17) is 16.3 Å². The zero-order chi connectivity index (χ0) is 24.7. The van der Waals surface area contributed by atoms with Crippen LogP contribution in [0.1, 0.15) is 16.6 Å². The van der Waals surface area contributed by atoms with E-state index in [9.17, 15) is 23.2 Å². The van der Waals surface area contributed by atoms with Crippen molar-refractivity contribution in [2.24, 2.45) is 0 Å². The molecule has 0 saturated carbocycles. The van der Waals surface area contributed by atoms with Crippen LogP contribution in [0.25, 0.3) is 0 Å². The van der Waals surface area contributed by atoms with Crippen molar-refractivity contribution in [1.82, 2.24) is 10.6 Å². The van der Waals surface area contributed by atoms with Crippen LogP contribution in [0.4, 0.5) is 20.2 Å². The summed E-state index contributed by atoms with van der Waals surface area (Å²) in [5.41, 5.74) is 0.334. The highest BCUT2D eigenvalue weighted by Gasteiger charge is 2.25. The van der Waals surface area contributed by atoms with E-state index in [1.165, 1.54) is 23.1 Å². The number of alkyl halides is 2. The van der Waals surface area contributed by atoms with E-state index < -0.39 is 24.5 Å². The molecule has 0 aliphatic carbocycles. The normalized spacial score (nSPS) is 14.7. The Morgan fingerprint density at radius 3 is 2.74 bits per heavy atom. The molecule has 13 heteroatoms. The molecule has 1 saturated heterocycles. The molecule has 2 aromatic rings. The van der Waals surface area contributed by atoms with Gasteiger partial charge < -0.3 is 30.3 Å². The lowest BCUT2D eigenvalue weighted by molar-refractivity contribution is -0.125. The first-order valence-corrected chi connectivity index (χ1v) is 11.5. The number of nitrogens with one attached hydrogen (secondary N) is 3. The first kappa shape index (κ1) is 25.8. The summed E-state index contributed by atoms with van der Waals surface area (Å²) in [6, 6.07) is 6.49. The van der Waals surface area contributed by atoms with Crippen molar-refractivity contribution in [2.75, 3.05) is 43.1 Å². The lowest BCUT2D eigenvalue weighted by Gasteiger charge is -2.28. The fourth-order valence-electron chi connectivity index (χ4n) is 3.23. The summed E-state index contributed by atoms with van der Waals surface area (Å²) < 4.78 is 36.2. The Morgan fingerprint density at radius 2 is 2.09 bits per heavy atom. The van der Waals surface area contributed by atoms with Crippen LogP contribution in [0.3, 0.4) is 0 Å². The number of amides is 3. The number of halogens is 3. The summed E-state index contributed by atoms with van der Waals surface area (Å²) in [4.78, 5) is 38.9. The maximum absolute atomic E-state index is 13.0. The Kier molecular flexibility index (Phi) is 9.16. The summed E-state index contributed by atoms with van der Waals surface area (Å²) in [6.07, 6.45) is 0. The first-order valence-electron chi connectivity index (χ1n) is 10.3. The first-order chi connectivity index (χ1) is 16.3. The van der Waals surface area contributed by atoms with Crippen molar-refractivity contribution >= 4 is 52.0 Å². The number of benzene rings is 1. The highest BCUT2D eigenvalue weighted by molar-refractivity contribution is 7.18. The van der Waals surface area contributed by atoms with E-state index in [1.54, 1.807) is 19.1 Å². The van der Waals surface area contributed by atoms with Crippen LogP contribution in [0.2, 0.25) is 4.34 Å². The van der Waals surface area contributed by atoms with Crippen molar-refractivity contribution < 1.29 is 32.6 Å². The molecule has 34 heavy (non-hydrogen) atoms. The molecule has 3 amide bonds. The Labute approximate surface area is 203 Å². The Hall–Kier alpha value is -2.80. The van der Waals surface area contributed by atoms with Crippen LogP contribution in [0.5, 0.6) is 5.75 Å². The molecule has 3 N–H and O–H groups in total. The standard InChI is InChI=1S/C21H23ClF2N4O5S/c1-2-25-13(10-26-20(31)16-5-6-17(22)34-16)19(30)27-12-3-4-14(15(9-12)33-21(23)24)28-7-8-32-11-18(28)29/h3-6,9,13,21,25H,2,7-8,10-11H2,1H3,(H,26,31)(H,27,30)/t13-/m1/s1. The van der Waals surface area contributed by atoms with Crippen LogP contribution in [0, 0.1) is 0 Å². The maximum atomic E-state index is 13.0. The quantitative estimate of drug-likeness (QED) is 0.448. The number of thiophene rings is 1. The van der Waals surface area contributed by atoms with E-state index in [0.717, 1.165) is 11.3 Å². The number of carbonyl (C=O) groups is 3. The summed E-state index contributed by atoms with van der Waals surface area (Å²) in [7, 11) is 0. The largest absolute Gasteiger partial charge is 0.433 e. The molecule has 0 radical (unpaired) electrons. The van der Waals surface area contributed by atoms with Gasteiger partial charge in [-0.05, 0) is 30.8 Å². The van der Waals surface area contributed by atoms with Gasteiger partial charge in [-0.3, -0.25) is 14.4 Å². The predicted octanol–water partition coefficient (Wildman–Crippen LogP) is 2.71. The van der Waals surface area contributed by atoms with Gasteiger partial charge in [0.25, 0.3) is 11.8 Å². The van der Waals surface area contributed by atoms with Crippen molar-refractivity contribution in [1.29, 1.82) is 0 Å². The maximum Gasteiger partial charge on any atom is 0.387 e. The topological polar surface area (TPSA) is 109 Å². The van der Waals surface area contributed by atoms with E-state index >= 15 is 0 Å². The average molecular weight is 517 g/mol. The van der Waals surface area contributed by atoms with Gasteiger partial charge in [-0.15, -0.1) is 11.3 Å². The van der Waals surface area contributed by atoms with E-state index in [2.05, 4.69) is 20.7 Å². The number of morpholine rings is 1. The summed E-state index contributed by atoms with van der Waals surface area (Å²) >= 11 is 6.96. The van der Waals surface area contributed by atoms with E-state index in [-0.39, 0.29) is 49.3 Å². The molecule has 1 aromatic carbocycles. The van der Waals surface area contributed by atoms with Gasteiger partial charge in [-0.25, -0.2) is 0 Å². The second-order valence-electron chi connectivity index (χ2n) is 7.07. The number of hydrogen-bond donors (Lipinski definition) is 3. The molecule has 9 nitrogen and oxygen atoms in total. The van der Waals surface area contributed by atoms with E-state index in [1.807, 2.05) is 0 Å². The number of hydrogen-bond acceptors (Lipinski definition) is 7. The molecule has 3 rings (SSSR count). The second-order valence-corrected chi connectivity index (χ2v) is 8.79. The molecule has 1 aliphatic heterocycles. The van der Waals surface area contributed by atoms with Gasteiger partial charge >= 0.3 is 6.61 Å². The Balaban J connectivity index is 1.71. The monoisotopic (exact) mass is 516 g/mol. The zero-order valence-corrected chi connectivity index (χ0v) is 19.7. The Morgan fingerprint density at radius 1 is 1.29 bits per heavy atom. The number of rotatable bonds is 10. The number of likely N-dealkylation sites (N-methyl/N-ethyl adjacent to an activating group) is 1. The smallest absolute Gasteiger partial charge is 0.387 e. The van der Waals surface area contributed by atoms with Crippen molar-refractivity contribution in [3.05, 3.63) is 39.5 Å². The van der Waals surface area contributed by atoms with Gasteiger partial charge in [0.1, 0.15) is 12.6 Å². The minimum Gasteiger partial charge on any atom is -0.433 e. The van der Waals surface area contributed by atoms with Crippen molar-refractivity contribution in [3.8, 4) is 5.75 Å². The molecule has 0 unspecified atom stereocenters. The van der Waals surface area contributed by atoms with Gasteiger partial charge in [0.05, 0.1) is 21.5 Å². The summed E-state index contributed by atoms with van der Waals surface area (Å²) in [6.45, 7) is -0.639. The minimum absolute atomic E-state index is 0.0191. The molecular formula is C21H23ClF2N4O5S. The second kappa shape index (κ2) is 12.1. The molecule has 0 spiro atoms. The van der Waals surface area contributed by atoms with E-state index in [0.29, 0.717) is 15.8 Å². The van der Waals surface area contributed by atoms with Crippen molar-refractivity contribution in [2.45, 2.75) is 19.6 Å². The van der Waals surface area contributed by atoms with Crippen LogP contribution in [0.15, 0.2) is 30.3 Å². The fourth-order valence-corrected chi connectivity index (χ4v) is 4.19. The Bertz CT molecular complexity index is 1040. The van der Waals surface area contributed by atoms with Crippen LogP contribution in [-0.4, -0.2) is 63.2 Å². The molecule has 2 heterocycles. The number of carbonyl (C=O) groups excluding carboxylic acids is 3. The number of ether oxygens (including phenoxy) is 2. The van der Waals surface area contributed by atoms with Gasteiger partial charge in [-0.1, -0.05) is 18.5 Å². The highest BCUT2D eigenvalue weighted by atomic mass is 35.5. The predicted molar refractivity (Wildman–Crippen MR) is 124 cm³/mol. The third-order valence-electron chi connectivity index (χ3n) is 4.75. The van der Waals surface area contributed by atoms with Gasteiger partial charge in [0.2, 0.25) is 5.91 Å². The molecule has 184 valence electrons. The van der Waals surface area contributed by atoms with Gasteiger partial charge in [0.15, 0.2) is 5.75 Å². The third-order valence-corrected chi connectivity index (χ3v) is 5.98. The van der Waals surface area contributed by atoms with Gasteiger partial charge in [0, 0.05) is 24.8 Å². The number of anilines is 2. The summed E-state index contributed by atoms with van der Waals surface area (Å²) in [5.74, 6) is -1.52. The zero-order valence-electron chi connectivity index (χ0n) is 18.1. The number of nitrogens with zero attached hydrogens (tertiary/aromatic N) is 1. The molecule has 1 fully saturated rings. The SMILES string of the molecule is CCN[C@H](CNC(=O)c1ccc(Cl)s1)C(=O)Nc1ccc(N2CCOCC2=O)c(OC(F)F)c1. The third kappa shape index (κ3) is 6.86.